The molecule has 106 valence electrons. The first-order valence-corrected chi connectivity index (χ1v) is 7.68. The standard InChI is InChI=1S/C17H21BrN2/c1-13(2)20(11-14-7-3-5-9-16(14)18)12-15-8-4-6-10-17(15)19/h3-10,13H,11-12,19H2,1-2H3. The van der Waals surface area contributed by atoms with Gasteiger partial charge in [-0.05, 0) is 37.1 Å². The molecule has 0 bridgehead atoms. The monoisotopic (exact) mass is 332 g/mol. The van der Waals surface area contributed by atoms with Crippen molar-refractivity contribution in [2.75, 3.05) is 5.73 Å². The van der Waals surface area contributed by atoms with E-state index in [0.717, 1.165) is 23.2 Å². The van der Waals surface area contributed by atoms with Gasteiger partial charge in [-0.15, -0.1) is 0 Å². The highest BCUT2D eigenvalue weighted by Crippen LogP contribution is 2.21. The summed E-state index contributed by atoms with van der Waals surface area (Å²) < 4.78 is 1.16. The van der Waals surface area contributed by atoms with Crippen LogP contribution in [-0.2, 0) is 13.1 Å². The number of nitrogens with zero attached hydrogens (tertiary/aromatic N) is 1. The molecule has 0 aliphatic rings. The van der Waals surface area contributed by atoms with Crippen LogP contribution in [0.5, 0.6) is 0 Å². The SMILES string of the molecule is CC(C)N(Cc1ccccc1N)Cc1ccccc1Br. The van der Waals surface area contributed by atoms with E-state index in [-0.39, 0.29) is 0 Å². The van der Waals surface area contributed by atoms with Gasteiger partial charge in [-0.3, -0.25) is 4.90 Å². The first-order valence-electron chi connectivity index (χ1n) is 6.88. The third kappa shape index (κ3) is 3.84. The van der Waals surface area contributed by atoms with Gasteiger partial charge in [-0.2, -0.15) is 0 Å². The number of nitrogen functional groups attached to an aromatic ring is 1. The van der Waals surface area contributed by atoms with Gasteiger partial charge in [0.2, 0.25) is 0 Å². The van der Waals surface area contributed by atoms with Crippen molar-refractivity contribution in [2.24, 2.45) is 0 Å². The van der Waals surface area contributed by atoms with Crippen molar-refractivity contribution >= 4 is 21.6 Å². The molecule has 0 unspecified atom stereocenters. The topological polar surface area (TPSA) is 29.3 Å². The minimum atomic E-state index is 0.460. The van der Waals surface area contributed by atoms with E-state index < -0.39 is 0 Å². The molecule has 0 radical (unpaired) electrons. The average molecular weight is 333 g/mol. The molecule has 0 aliphatic heterocycles. The number of anilines is 1. The molecule has 0 spiro atoms. The van der Waals surface area contributed by atoms with Crippen molar-refractivity contribution in [1.29, 1.82) is 0 Å². The summed E-state index contributed by atoms with van der Waals surface area (Å²) in [5.41, 5.74) is 9.41. The molecule has 20 heavy (non-hydrogen) atoms. The Balaban J connectivity index is 2.16. The third-order valence-electron chi connectivity index (χ3n) is 3.49. The van der Waals surface area contributed by atoms with Crippen LogP contribution in [0.3, 0.4) is 0 Å². The summed E-state index contributed by atoms with van der Waals surface area (Å²) in [5, 5.41) is 0. The Morgan fingerprint density at radius 2 is 1.50 bits per heavy atom. The lowest BCUT2D eigenvalue weighted by atomic mass is 10.1. The molecule has 2 N–H and O–H groups in total. The Bertz CT molecular complexity index is 519. The van der Waals surface area contributed by atoms with E-state index >= 15 is 0 Å². The second-order valence-corrected chi connectivity index (χ2v) is 6.14. The van der Waals surface area contributed by atoms with Gasteiger partial charge in [0.1, 0.15) is 0 Å². The van der Waals surface area contributed by atoms with Gasteiger partial charge in [0.25, 0.3) is 0 Å². The van der Waals surface area contributed by atoms with Gasteiger partial charge < -0.3 is 5.73 Å². The van der Waals surface area contributed by atoms with Gasteiger partial charge in [0.15, 0.2) is 0 Å². The Morgan fingerprint density at radius 1 is 0.950 bits per heavy atom. The Hall–Kier alpha value is -1.32. The summed E-state index contributed by atoms with van der Waals surface area (Å²) >= 11 is 3.62. The summed E-state index contributed by atoms with van der Waals surface area (Å²) in [4.78, 5) is 2.42. The average Bonchev–Trinajstić information content (AvgIpc) is 2.42. The summed E-state index contributed by atoms with van der Waals surface area (Å²) in [7, 11) is 0. The van der Waals surface area contributed by atoms with E-state index in [1.807, 2.05) is 24.3 Å². The zero-order valence-electron chi connectivity index (χ0n) is 12.0. The van der Waals surface area contributed by atoms with Crippen LogP contribution in [0.15, 0.2) is 53.0 Å². The lowest BCUT2D eigenvalue weighted by molar-refractivity contribution is 0.203. The van der Waals surface area contributed by atoms with Crippen LogP contribution in [0.4, 0.5) is 5.69 Å². The molecular formula is C17H21BrN2. The fourth-order valence-corrected chi connectivity index (χ4v) is 2.57. The van der Waals surface area contributed by atoms with Gasteiger partial charge in [-0.25, -0.2) is 0 Å². The normalized spacial score (nSPS) is 11.2. The first kappa shape index (κ1) is 15.1. The molecule has 0 fully saturated rings. The molecule has 0 saturated carbocycles. The highest BCUT2D eigenvalue weighted by atomic mass is 79.9. The summed E-state index contributed by atoms with van der Waals surface area (Å²) in [6.07, 6.45) is 0. The zero-order valence-corrected chi connectivity index (χ0v) is 13.6. The van der Waals surface area contributed by atoms with E-state index in [0.29, 0.717) is 6.04 Å². The molecule has 0 amide bonds. The Morgan fingerprint density at radius 3 is 2.10 bits per heavy atom. The van der Waals surface area contributed by atoms with Gasteiger partial charge in [-0.1, -0.05) is 52.3 Å². The Labute approximate surface area is 129 Å². The number of hydrogen-bond acceptors (Lipinski definition) is 2. The van der Waals surface area contributed by atoms with E-state index in [1.54, 1.807) is 0 Å². The van der Waals surface area contributed by atoms with Crippen molar-refractivity contribution in [1.82, 2.24) is 4.90 Å². The number of hydrogen-bond donors (Lipinski definition) is 1. The summed E-state index contributed by atoms with van der Waals surface area (Å²) in [5.74, 6) is 0. The maximum Gasteiger partial charge on any atom is 0.0359 e. The molecule has 2 aromatic carbocycles. The molecule has 0 aliphatic carbocycles. The summed E-state index contributed by atoms with van der Waals surface area (Å²) in [6, 6.07) is 16.9. The van der Waals surface area contributed by atoms with Gasteiger partial charge in [0.05, 0.1) is 0 Å². The minimum absolute atomic E-state index is 0.460. The number of halogens is 1. The van der Waals surface area contributed by atoms with Crippen molar-refractivity contribution in [3.05, 3.63) is 64.1 Å². The molecule has 2 aromatic rings. The maximum atomic E-state index is 6.06. The molecule has 0 saturated heterocycles. The van der Waals surface area contributed by atoms with Crippen molar-refractivity contribution in [3.63, 3.8) is 0 Å². The second-order valence-electron chi connectivity index (χ2n) is 5.29. The van der Waals surface area contributed by atoms with Crippen LogP contribution >= 0.6 is 15.9 Å². The maximum absolute atomic E-state index is 6.06. The highest BCUT2D eigenvalue weighted by Gasteiger charge is 2.13. The largest absolute Gasteiger partial charge is 0.398 e. The zero-order chi connectivity index (χ0) is 14.5. The number of nitrogens with two attached hydrogens (primary N) is 1. The van der Waals surface area contributed by atoms with Gasteiger partial charge in [0, 0.05) is 29.3 Å². The van der Waals surface area contributed by atoms with E-state index in [9.17, 15) is 0 Å². The fraction of sp³-hybridized carbons (Fsp3) is 0.294. The predicted octanol–water partition coefficient (Wildman–Crippen LogP) is 4.44. The van der Waals surface area contributed by atoms with Crippen LogP contribution in [-0.4, -0.2) is 10.9 Å². The van der Waals surface area contributed by atoms with Crippen LogP contribution < -0.4 is 5.73 Å². The quantitative estimate of drug-likeness (QED) is 0.820. The van der Waals surface area contributed by atoms with Crippen LogP contribution in [0.25, 0.3) is 0 Å². The van der Waals surface area contributed by atoms with Crippen molar-refractivity contribution in [3.8, 4) is 0 Å². The molecule has 0 atom stereocenters. The lowest BCUT2D eigenvalue weighted by Crippen LogP contribution is -2.30. The Kier molecular flexibility index (Phi) is 5.21. The number of para-hydroxylation sites is 1. The van der Waals surface area contributed by atoms with Crippen molar-refractivity contribution < 1.29 is 0 Å². The molecule has 0 aromatic heterocycles. The van der Waals surface area contributed by atoms with E-state index in [2.05, 4.69) is 58.9 Å². The van der Waals surface area contributed by atoms with Crippen molar-refractivity contribution in [2.45, 2.75) is 33.0 Å². The molecule has 2 rings (SSSR count). The van der Waals surface area contributed by atoms with Gasteiger partial charge >= 0.3 is 0 Å². The van der Waals surface area contributed by atoms with Crippen LogP contribution in [0, 0.1) is 0 Å². The van der Waals surface area contributed by atoms with Crippen LogP contribution in [0.1, 0.15) is 25.0 Å². The predicted molar refractivity (Wildman–Crippen MR) is 89.4 cm³/mol. The first-order chi connectivity index (χ1) is 9.58. The molecular weight excluding hydrogens is 312 g/mol. The third-order valence-corrected chi connectivity index (χ3v) is 4.26. The van der Waals surface area contributed by atoms with Crippen LogP contribution in [0.2, 0.25) is 0 Å². The second kappa shape index (κ2) is 6.91. The number of benzene rings is 2. The minimum Gasteiger partial charge on any atom is -0.398 e. The molecule has 2 nitrogen and oxygen atoms in total. The molecule has 3 heteroatoms. The summed E-state index contributed by atoms with van der Waals surface area (Å²) in [6.45, 7) is 6.21. The fourth-order valence-electron chi connectivity index (χ4n) is 2.16. The van der Waals surface area contributed by atoms with E-state index in [1.165, 1.54) is 11.1 Å². The lowest BCUT2D eigenvalue weighted by Gasteiger charge is -2.27. The smallest absolute Gasteiger partial charge is 0.0359 e. The molecule has 0 heterocycles. The highest BCUT2D eigenvalue weighted by molar-refractivity contribution is 9.10. The number of rotatable bonds is 5. The van der Waals surface area contributed by atoms with E-state index in [4.69, 9.17) is 5.73 Å².